The van der Waals surface area contributed by atoms with Gasteiger partial charge in [0.25, 0.3) is 6.29 Å². The first-order chi connectivity index (χ1) is 8.46. The minimum absolute atomic E-state index is 0.261. The van der Waals surface area contributed by atoms with E-state index in [-0.39, 0.29) is 5.69 Å². The second-order valence-corrected chi connectivity index (χ2v) is 3.45. The molecule has 1 rings (SSSR count). The summed E-state index contributed by atoms with van der Waals surface area (Å²) < 4.78 is 38.9. The Labute approximate surface area is 102 Å². The van der Waals surface area contributed by atoms with E-state index in [1.807, 2.05) is 0 Å². The molecular formula is C11H10F3N2O2. The minimum atomic E-state index is -3.72. The number of rotatable bonds is 4. The quantitative estimate of drug-likeness (QED) is 0.614. The van der Waals surface area contributed by atoms with Crippen molar-refractivity contribution in [1.29, 1.82) is 0 Å². The minimum Gasteiger partial charge on any atom is -0.295 e. The van der Waals surface area contributed by atoms with Gasteiger partial charge in [0, 0.05) is 12.7 Å². The average Bonchev–Trinajstić information content (AvgIpc) is 2.44. The van der Waals surface area contributed by atoms with E-state index in [2.05, 4.69) is 0 Å². The highest BCUT2D eigenvalue weighted by atomic mass is 19.2. The third-order valence-corrected chi connectivity index (χ3v) is 2.24. The van der Waals surface area contributed by atoms with Crippen molar-refractivity contribution in [1.82, 2.24) is 5.12 Å². The summed E-state index contributed by atoms with van der Waals surface area (Å²) in [7, 11) is 1.16. The molecule has 0 fully saturated rings. The second kappa shape index (κ2) is 5.52. The largest absolute Gasteiger partial charge is 0.355 e. The summed E-state index contributed by atoms with van der Waals surface area (Å²) in [6.07, 6.45) is 0.527. The summed E-state index contributed by atoms with van der Waals surface area (Å²) >= 11 is 0. The van der Waals surface area contributed by atoms with Gasteiger partial charge in [0.15, 0.2) is 6.67 Å². The van der Waals surface area contributed by atoms with Crippen LogP contribution in [0.5, 0.6) is 0 Å². The molecule has 0 heterocycles. The fraction of sp³-hybridized carbons (Fsp3) is 0.273. The molecule has 0 bridgehead atoms. The van der Waals surface area contributed by atoms with Crippen LogP contribution < -0.4 is 4.90 Å². The molecule has 1 aromatic carbocycles. The summed E-state index contributed by atoms with van der Waals surface area (Å²) in [5.74, 6) is -3.72. The molecule has 0 spiro atoms. The molecule has 0 aliphatic carbocycles. The Kier molecular flexibility index (Phi) is 4.30. The molecule has 18 heavy (non-hydrogen) atoms. The molecular weight excluding hydrogens is 249 g/mol. The van der Waals surface area contributed by atoms with Gasteiger partial charge in [0.1, 0.15) is 0 Å². The van der Waals surface area contributed by atoms with E-state index in [1.54, 1.807) is 18.2 Å². The molecule has 7 heteroatoms. The van der Waals surface area contributed by atoms with Crippen molar-refractivity contribution < 1.29 is 22.9 Å². The third-order valence-electron chi connectivity index (χ3n) is 2.24. The molecule has 0 saturated heterocycles. The van der Waals surface area contributed by atoms with Crippen LogP contribution in [0, 0.1) is 0 Å². The maximum Gasteiger partial charge on any atom is 0.355 e. The second-order valence-electron chi connectivity index (χ2n) is 3.45. The molecule has 1 aromatic rings. The van der Waals surface area contributed by atoms with Crippen molar-refractivity contribution in [2.24, 2.45) is 0 Å². The number of amides is 2. The van der Waals surface area contributed by atoms with E-state index < -0.39 is 23.6 Å². The summed E-state index contributed by atoms with van der Waals surface area (Å²) in [4.78, 5) is 22.4. The molecule has 0 N–H and O–H groups in total. The van der Waals surface area contributed by atoms with E-state index in [4.69, 9.17) is 0 Å². The lowest BCUT2D eigenvalue weighted by atomic mass is 10.3. The van der Waals surface area contributed by atoms with Gasteiger partial charge < -0.3 is 0 Å². The number of carbonyl (C=O) groups excluding carboxylic acids is 2. The van der Waals surface area contributed by atoms with Crippen LogP contribution in [-0.2, 0) is 4.79 Å². The highest BCUT2D eigenvalue weighted by molar-refractivity contribution is 5.92. The van der Waals surface area contributed by atoms with E-state index >= 15 is 0 Å². The normalized spacial score (nSPS) is 13.6. The lowest BCUT2D eigenvalue weighted by Crippen LogP contribution is -2.51. The van der Waals surface area contributed by atoms with Crippen LogP contribution >= 0.6 is 0 Å². The number of para-hydroxylation sites is 1. The standard InChI is InChI=1S/C11H10F3N2O2/c1-15(9-5-3-2-4-6-9)10(18)16(14)11(13,7-12)8-17/h2-6H,7H2,1H3/t11-/m0/s1. The Morgan fingerprint density at radius 3 is 2.39 bits per heavy atom. The first kappa shape index (κ1) is 14.0. The number of alkyl halides is 2. The van der Waals surface area contributed by atoms with Crippen LogP contribution in [0.4, 0.5) is 23.7 Å². The monoisotopic (exact) mass is 259 g/mol. The maximum atomic E-state index is 13.3. The number of hydrogen-bond acceptors (Lipinski definition) is 2. The van der Waals surface area contributed by atoms with Crippen LogP contribution in [0.25, 0.3) is 0 Å². The van der Waals surface area contributed by atoms with Crippen molar-refractivity contribution in [2.75, 3.05) is 18.6 Å². The predicted octanol–water partition coefficient (Wildman–Crippen LogP) is 2.17. The maximum absolute atomic E-state index is 13.3. The van der Waals surface area contributed by atoms with Gasteiger partial charge in [-0.15, -0.1) is 5.12 Å². The number of halogens is 3. The van der Waals surface area contributed by atoms with Gasteiger partial charge in [-0.2, -0.15) is 0 Å². The van der Waals surface area contributed by atoms with Gasteiger partial charge >= 0.3 is 11.8 Å². The van der Waals surface area contributed by atoms with Crippen LogP contribution in [0.1, 0.15) is 0 Å². The zero-order valence-electron chi connectivity index (χ0n) is 9.44. The summed E-state index contributed by atoms with van der Waals surface area (Å²) in [6.45, 7) is -2.01. The number of anilines is 1. The first-order valence-electron chi connectivity index (χ1n) is 4.89. The lowest BCUT2D eigenvalue weighted by molar-refractivity contribution is -0.0812. The first-order valence-corrected chi connectivity index (χ1v) is 4.89. The molecule has 4 nitrogen and oxygen atoms in total. The average molecular weight is 259 g/mol. The molecule has 0 unspecified atom stereocenters. The van der Waals surface area contributed by atoms with E-state index in [0.717, 1.165) is 11.9 Å². The number of carbonyl (C=O) groups is 1. The zero-order chi connectivity index (χ0) is 13.8. The van der Waals surface area contributed by atoms with Crippen LogP contribution in [0.2, 0.25) is 0 Å². The van der Waals surface area contributed by atoms with Crippen LogP contribution in [-0.4, -0.2) is 37.0 Å². The van der Waals surface area contributed by atoms with Crippen molar-refractivity contribution in [3.8, 4) is 0 Å². The Balaban J connectivity index is 2.91. The fourth-order valence-electron chi connectivity index (χ4n) is 1.17. The van der Waals surface area contributed by atoms with Crippen molar-refractivity contribution in [3.05, 3.63) is 30.3 Å². The third kappa shape index (κ3) is 2.61. The van der Waals surface area contributed by atoms with Gasteiger partial charge in [0.05, 0.1) is 0 Å². The molecule has 0 saturated carbocycles. The molecule has 0 aromatic heterocycles. The summed E-state index contributed by atoms with van der Waals surface area (Å²) in [5, 5.41) is -1.12. The molecule has 0 aliphatic heterocycles. The Bertz CT molecular complexity index is 430. The van der Waals surface area contributed by atoms with Gasteiger partial charge in [-0.3, -0.25) is 9.69 Å². The number of urea groups is 1. The van der Waals surface area contributed by atoms with Gasteiger partial charge in [-0.05, 0) is 12.1 Å². The molecule has 2 amide bonds. The topological polar surface area (TPSA) is 40.6 Å². The number of hydrogen-bond donors (Lipinski definition) is 0. The Hall–Kier alpha value is -2.05. The van der Waals surface area contributed by atoms with Crippen LogP contribution in [0.3, 0.4) is 0 Å². The SMILES string of the molecule is CN(C(=O)N(F)[C@](F)([C]=O)CF)c1ccccc1. The fourth-order valence-corrected chi connectivity index (χ4v) is 1.17. The predicted molar refractivity (Wildman–Crippen MR) is 58.7 cm³/mol. The zero-order valence-corrected chi connectivity index (χ0v) is 9.44. The molecule has 0 aliphatic rings. The van der Waals surface area contributed by atoms with Crippen molar-refractivity contribution >= 4 is 18.0 Å². The number of benzene rings is 1. The lowest BCUT2D eigenvalue weighted by Gasteiger charge is -2.26. The molecule has 1 atom stereocenters. The summed E-state index contributed by atoms with van der Waals surface area (Å²) in [5.41, 5.74) is 0.261. The van der Waals surface area contributed by atoms with Crippen molar-refractivity contribution in [3.63, 3.8) is 0 Å². The van der Waals surface area contributed by atoms with E-state index in [1.165, 1.54) is 12.1 Å². The highest BCUT2D eigenvalue weighted by Crippen LogP contribution is 2.21. The Morgan fingerprint density at radius 1 is 1.39 bits per heavy atom. The van der Waals surface area contributed by atoms with Crippen molar-refractivity contribution in [2.45, 2.75) is 5.79 Å². The highest BCUT2D eigenvalue weighted by Gasteiger charge is 2.44. The summed E-state index contributed by atoms with van der Waals surface area (Å²) in [6, 6.07) is 6.23. The van der Waals surface area contributed by atoms with E-state index in [0.29, 0.717) is 6.29 Å². The molecule has 1 radical (unpaired) electrons. The number of nitrogens with zero attached hydrogens (tertiary/aromatic N) is 2. The van der Waals surface area contributed by atoms with Crippen LogP contribution in [0.15, 0.2) is 30.3 Å². The van der Waals surface area contributed by atoms with Gasteiger partial charge in [-0.25, -0.2) is 13.6 Å². The Morgan fingerprint density at radius 2 is 1.94 bits per heavy atom. The molecule has 97 valence electrons. The van der Waals surface area contributed by atoms with E-state index in [9.17, 15) is 22.9 Å². The van der Waals surface area contributed by atoms with Gasteiger partial charge in [-0.1, -0.05) is 22.7 Å². The van der Waals surface area contributed by atoms with Gasteiger partial charge in [0.2, 0.25) is 0 Å². The smallest absolute Gasteiger partial charge is 0.295 e.